The molecular weight excluding hydrogens is 440 g/mol. The van der Waals surface area contributed by atoms with Gasteiger partial charge in [0.2, 0.25) is 0 Å². The van der Waals surface area contributed by atoms with Crippen molar-refractivity contribution in [1.29, 1.82) is 0 Å². The van der Waals surface area contributed by atoms with Crippen molar-refractivity contribution in [2.75, 3.05) is 6.54 Å². The molecule has 0 aliphatic heterocycles. The number of benzene rings is 2. The summed E-state index contributed by atoms with van der Waals surface area (Å²) >= 11 is 6.03. The Balaban J connectivity index is 2.23. The van der Waals surface area contributed by atoms with Gasteiger partial charge in [-0.3, -0.25) is 4.98 Å². The van der Waals surface area contributed by atoms with Crippen LogP contribution in [-0.2, 0) is 18.1 Å². The molecule has 0 amide bonds. The van der Waals surface area contributed by atoms with Gasteiger partial charge in [-0.1, -0.05) is 55.8 Å². The Kier molecular flexibility index (Phi) is 7.57. The van der Waals surface area contributed by atoms with E-state index in [1.807, 2.05) is 30.3 Å². The van der Waals surface area contributed by atoms with Gasteiger partial charge in [0, 0.05) is 12.6 Å². The van der Waals surface area contributed by atoms with E-state index in [4.69, 9.17) is 11.6 Å². The van der Waals surface area contributed by atoms with Crippen LogP contribution in [0.5, 0.6) is 0 Å². The van der Waals surface area contributed by atoms with E-state index in [9.17, 15) is 17.6 Å². The molecule has 1 heterocycles. The number of pyridine rings is 1. The molecule has 0 fully saturated rings. The maximum Gasteiger partial charge on any atom is 0.416 e. The van der Waals surface area contributed by atoms with Crippen LogP contribution in [0.25, 0.3) is 0 Å². The van der Waals surface area contributed by atoms with Crippen LogP contribution < -0.4 is 5.32 Å². The van der Waals surface area contributed by atoms with Crippen molar-refractivity contribution in [3.05, 3.63) is 100 Å². The average molecular weight is 465 g/mol. The quantitative estimate of drug-likeness (QED) is 0.362. The van der Waals surface area contributed by atoms with E-state index < -0.39 is 23.1 Å². The smallest absolute Gasteiger partial charge is 0.302 e. The summed E-state index contributed by atoms with van der Waals surface area (Å²) in [5.74, 6) is -0.583. The third-order valence-corrected chi connectivity index (χ3v) is 5.57. The van der Waals surface area contributed by atoms with E-state index in [0.717, 1.165) is 24.1 Å². The summed E-state index contributed by atoms with van der Waals surface area (Å²) < 4.78 is 55.2. The predicted molar refractivity (Wildman–Crippen MR) is 119 cm³/mol. The number of rotatable bonds is 8. The normalized spacial score (nSPS) is 13.9. The molecule has 7 heteroatoms. The average Bonchev–Trinajstić information content (AvgIpc) is 2.73. The highest BCUT2D eigenvalue weighted by molar-refractivity contribution is 6.30. The molecule has 3 aromatic rings. The van der Waals surface area contributed by atoms with E-state index >= 15 is 0 Å². The summed E-state index contributed by atoms with van der Waals surface area (Å²) in [5.41, 5.74) is -0.729. The third kappa shape index (κ3) is 5.87. The second-order valence-corrected chi connectivity index (χ2v) is 8.70. The van der Waals surface area contributed by atoms with E-state index in [2.05, 4.69) is 24.1 Å². The SMILES string of the molecule is CC(C)CCNC(Cc1ccccc1)(c1cc(F)cc(C(F)(F)F)c1)c1ccc(Cl)cn1. The first-order valence-electron chi connectivity index (χ1n) is 10.4. The lowest BCUT2D eigenvalue weighted by Gasteiger charge is -2.36. The zero-order valence-corrected chi connectivity index (χ0v) is 18.6. The van der Waals surface area contributed by atoms with Crippen LogP contribution in [0.2, 0.25) is 5.02 Å². The van der Waals surface area contributed by atoms with Crippen molar-refractivity contribution in [1.82, 2.24) is 10.3 Å². The Labute approximate surface area is 190 Å². The molecule has 170 valence electrons. The fourth-order valence-corrected chi connectivity index (χ4v) is 3.81. The Morgan fingerprint density at radius 1 is 0.969 bits per heavy atom. The molecule has 0 spiro atoms. The zero-order valence-electron chi connectivity index (χ0n) is 17.9. The molecule has 1 atom stereocenters. The Morgan fingerprint density at radius 2 is 1.66 bits per heavy atom. The van der Waals surface area contributed by atoms with Crippen LogP contribution in [0.15, 0.2) is 66.9 Å². The van der Waals surface area contributed by atoms with Crippen LogP contribution in [0.1, 0.15) is 42.7 Å². The van der Waals surface area contributed by atoms with Gasteiger partial charge >= 0.3 is 6.18 Å². The minimum absolute atomic E-state index is 0.159. The predicted octanol–water partition coefficient (Wildman–Crippen LogP) is 7.01. The number of hydrogen-bond donors (Lipinski definition) is 1. The van der Waals surface area contributed by atoms with Gasteiger partial charge in [0.25, 0.3) is 0 Å². The van der Waals surface area contributed by atoms with E-state index in [1.54, 1.807) is 12.1 Å². The van der Waals surface area contributed by atoms with Crippen LogP contribution in [0.3, 0.4) is 0 Å². The van der Waals surface area contributed by atoms with Crippen LogP contribution in [0, 0.1) is 11.7 Å². The lowest BCUT2D eigenvalue weighted by Crippen LogP contribution is -2.47. The summed E-state index contributed by atoms with van der Waals surface area (Å²) in [4.78, 5) is 4.44. The first-order valence-corrected chi connectivity index (χ1v) is 10.8. The standard InChI is InChI=1S/C25H25ClF4N2/c1-17(2)10-11-32-24(15-18-6-4-3-5-7-18,23-9-8-21(26)16-31-23)19-12-20(25(28,29)30)14-22(27)13-19/h3-9,12-14,16-17,32H,10-11,15H2,1-2H3. The van der Waals surface area contributed by atoms with Crippen LogP contribution >= 0.6 is 11.6 Å². The second kappa shape index (κ2) is 10.0. The highest BCUT2D eigenvalue weighted by Crippen LogP contribution is 2.37. The van der Waals surface area contributed by atoms with Gasteiger partial charge in [0.05, 0.1) is 21.8 Å². The van der Waals surface area contributed by atoms with Gasteiger partial charge < -0.3 is 5.32 Å². The van der Waals surface area contributed by atoms with Gasteiger partial charge in [-0.25, -0.2) is 4.39 Å². The van der Waals surface area contributed by atoms with E-state index in [0.29, 0.717) is 29.2 Å². The number of aromatic nitrogens is 1. The maximum absolute atomic E-state index is 14.5. The molecular formula is C25H25ClF4N2. The molecule has 0 saturated heterocycles. The minimum atomic E-state index is -4.68. The number of alkyl halides is 3. The highest BCUT2D eigenvalue weighted by atomic mass is 35.5. The van der Waals surface area contributed by atoms with Gasteiger partial charge in [-0.05, 0) is 60.3 Å². The monoisotopic (exact) mass is 464 g/mol. The fraction of sp³-hybridized carbons (Fsp3) is 0.320. The number of nitrogens with one attached hydrogen (secondary N) is 1. The number of nitrogens with zero attached hydrogens (tertiary/aromatic N) is 1. The summed E-state index contributed by atoms with van der Waals surface area (Å²) in [7, 11) is 0. The van der Waals surface area contributed by atoms with Crippen molar-refractivity contribution in [2.24, 2.45) is 5.92 Å². The molecule has 0 radical (unpaired) electrons. The van der Waals surface area contributed by atoms with E-state index in [1.165, 1.54) is 6.20 Å². The molecule has 2 aromatic carbocycles. The van der Waals surface area contributed by atoms with Crippen LogP contribution in [-0.4, -0.2) is 11.5 Å². The summed E-state index contributed by atoms with van der Waals surface area (Å²) in [6, 6.07) is 15.3. The molecule has 32 heavy (non-hydrogen) atoms. The molecule has 1 aromatic heterocycles. The van der Waals surface area contributed by atoms with Crippen molar-refractivity contribution in [3.8, 4) is 0 Å². The lowest BCUT2D eigenvalue weighted by atomic mass is 9.79. The van der Waals surface area contributed by atoms with Gasteiger partial charge in [0.15, 0.2) is 0 Å². The highest BCUT2D eigenvalue weighted by Gasteiger charge is 2.39. The van der Waals surface area contributed by atoms with E-state index in [-0.39, 0.29) is 12.0 Å². The Morgan fingerprint density at radius 3 is 2.25 bits per heavy atom. The van der Waals surface area contributed by atoms with Gasteiger partial charge in [-0.15, -0.1) is 0 Å². The molecule has 2 nitrogen and oxygen atoms in total. The topological polar surface area (TPSA) is 24.9 Å². The third-order valence-electron chi connectivity index (χ3n) is 5.34. The Hall–Kier alpha value is -2.44. The molecule has 3 rings (SSSR count). The van der Waals surface area contributed by atoms with Crippen LogP contribution in [0.4, 0.5) is 17.6 Å². The van der Waals surface area contributed by atoms with Crippen molar-refractivity contribution in [2.45, 2.75) is 38.4 Å². The molecule has 0 aliphatic rings. The molecule has 0 aliphatic carbocycles. The minimum Gasteiger partial charge on any atom is -0.302 e. The number of hydrogen-bond acceptors (Lipinski definition) is 2. The summed E-state index contributed by atoms with van der Waals surface area (Å²) in [6.07, 6.45) is -2.17. The molecule has 1 unspecified atom stereocenters. The van der Waals surface area contributed by atoms with Gasteiger partial charge in [0.1, 0.15) is 5.82 Å². The first-order chi connectivity index (χ1) is 15.1. The van der Waals surface area contributed by atoms with Crippen molar-refractivity contribution < 1.29 is 17.6 Å². The Bertz CT molecular complexity index is 1020. The van der Waals surface area contributed by atoms with Crippen molar-refractivity contribution in [3.63, 3.8) is 0 Å². The molecule has 0 saturated carbocycles. The number of halogens is 5. The maximum atomic E-state index is 14.5. The summed E-state index contributed by atoms with van der Waals surface area (Å²) in [5, 5.41) is 3.83. The summed E-state index contributed by atoms with van der Waals surface area (Å²) in [6.45, 7) is 4.63. The lowest BCUT2D eigenvalue weighted by molar-refractivity contribution is -0.137. The largest absolute Gasteiger partial charge is 0.416 e. The molecule has 1 N–H and O–H groups in total. The van der Waals surface area contributed by atoms with Crippen molar-refractivity contribution >= 4 is 11.6 Å². The zero-order chi connectivity index (χ0) is 23.4. The molecule has 0 bridgehead atoms. The fourth-order valence-electron chi connectivity index (χ4n) is 3.70. The second-order valence-electron chi connectivity index (χ2n) is 8.27. The first kappa shape index (κ1) is 24.2. The van der Waals surface area contributed by atoms with Gasteiger partial charge in [-0.2, -0.15) is 13.2 Å².